The van der Waals surface area contributed by atoms with Gasteiger partial charge in [-0.25, -0.2) is 4.79 Å². The fourth-order valence-corrected chi connectivity index (χ4v) is 2.73. The highest BCUT2D eigenvalue weighted by Gasteiger charge is 2.42. The summed E-state index contributed by atoms with van der Waals surface area (Å²) >= 11 is 0. The van der Waals surface area contributed by atoms with E-state index in [9.17, 15) is 14.7 Å². The summed E-state index contributed by atoms with van der Waals surface area (Å²) in [4.78, 5) is 27.9. The van der Waals surface area contributed by atoms with Gasteiger partial charge in [0.15, 0.2) is 0 Å². The van der Waals surface area contributed by atoms with E-state index in [1.54, 1.807) is 34.1 Å². The number of aliphatic hydroxyl groups excluding tert-OH is 1. The van der Waals surface area contributed by atoms with Crippen molar-refractivity contribution >= 4 is 12.0 Å². The Labute approximate surface area is 142 Å². The Morgan fingerprint density at radius 1 is 1.46 bits per heavy atom. The number of aliphatic hydroxyl groups is 1. The first-order valence-corrected chi connectivity index (χ1v) is 8.04. The van der Waals surface area contributed by atoms with Crippen molar-refractivity contribution in [1.82, 2.24) is 9.80 Å². The lowest BCUT2D eigenvalue weighted by Crippen LogP contribution is -2.47. The first-order chi connectivity index (χ1) is 11.1. The van der Waals surface area contributed by atoms with Crippen LogP contribution in [0.4, 0.5) is 4.79 Å². The molecule has 1 aromatic rings. The number of ether oxygens (including phenoxy) is 1. The number of carbonyl (C=O) groups excluding carboxylic acids is 2. The van der Waals surface area contributed by atoms with Crippen molar-refractivity contribution < 1.29 is 23.8 Å². The zero-order valence-electron chi connectivity index (χ0n) is 14.9. The molecule has 1 aliphatic heterocycles. The fourth-order valence-electron chi connectivity index (χ4n) is 2.73. The maximum Gasteiger partial charge on any atom is 0.411 e. The number of aryl methyl sites for hydroxylation is 1. The minimum atomic E-state index is -0.726. The molecule has 1 N–H and O–H groups in total. The first-order valence-electron chi connectivity index (χ1n) is 8.04. The standard InChI is InChI=1S/C17H26N2O5/c1-11-12(6-7-23-11)9-18(5)15(21)14-8-13(20)10-19(14)16(22)24-17(2,3)4/h6-7,13-14,20H,8-10H2,1-5H3/t13-,14+/m0/s1. The lowest BCUT2D eigenvalue weighted by molar-refractivity contribution is -0.135. The summed E-state index contributed by atoms with van der Waals surface area (Å²) in [7, 11) is 1.67. The van der Waals surface area contributed by atoms with E-state index in [1.807, 2.05) is 13.0 Å². The Kier molecular flexibility index (Phi) is 5.22. The lowest BCUT2D eigenvalue weighted by atomic mass is 10.1. The molecule has 24 heavy (non-hydrogen) atoms. The van der Waals surface area contributed by atoms with Crippen molar-refractivity contribution in [3.63, 3.8) is 0 Å². The van der Waals surface area contributed by atoms with Gasteiger partial charge >= 0.3 is 6.09 Å². The monoisotopic (exact) mass is 338 g/mol. The Balaban J connectivity index is 2.08. The third-order valence-electron chi connectivity index (χ3n) is 3.94. The van der Waals surface area contributed by atoms with Crippen molar-refractivity contribution in [3.05, 3.63) is 23.7 Å². The third-order valence-corrected chi connectivity index (χ3v) is 3.94. The smallest absolute Gasteiger partial charge is 0.411 e. The molecule has 0 bridgehead atoms. The van der Waals surface area contributed by atoms with Gasteiger partial charge in [-0.05, 0) is 33.8 Å². The summed E-state index contributed by atoms with van der Waals surface area (Å²) in [5.74, 6) is 0.531. The predicted octanol–water partition coefficient (Wildman–Crippen LogP) is 1.92. The van der Waals surface area contributed by atoms with Crippen LogP contribution in [0, 0.1) is 6.92 Å². The normalized spacial score (nSPS) is 21.0. The summed E-state index contributed by atoms with van der Waals surface area (Å²) in [6, 6.07) is 1.10. The van der Waals surface area contributed by atoms with E-state index < -0.39 is 23.8 Å². The van der Waals surface area contributed by atoms with Crippen LogP contribution in [0.5, 0.6) is 0 Å². The van der Waals surface area contributed by atoms with E-state index in [2.05, 4.69) is 0 Å². The number of β-amino-alcohol motifs (C(OH)–C–C–N with tert-alkyl or cyclic N) is 1. The second kappa shape index (κ2) is 6.84. The molecular weight excluding hydrogens is 312 g/mol. The molecule has 1 saturated heterocycles. The fraction of sp³-hybridized carbons (Fsp3) is 0.647. The second-order valence-electron chi connectivity index (χ2n) is 7.23. The third kappa shape index (κ3) is 4.29. The van der Waals surface area contributed by atoms with E-state index in [0.29, 0.717) is 6.54 Å². The molecule has 0 radical (unpaired) electrons. The number of hydrogen-bond acceptors (Lipinski definition) is 5. The van der Waals surface area contributed by atoms with Crippen molar-refractivity contribution in [2.45, 2.75) is 58.4 Å². The molecule has 0 saturated carbocycles. The van der Waals surface area contributed by atoms with Crippen LogP contribution in [-0.4, -0.2) is 58.2 Å². The SMILES string of the molecule is Cc1occc1CN(C)C(=O)[C@H]1C[C@H](O)CN1C(=O)OC(C)(C)C. The summed E-state index contributed by atoms with van der Waals surface area (Å²) in [6.07, 6.45) is 0.489. The van der Waals surface area contributed by atoms with Gasteiger partial charge in [0.25, 0.3) is 0 Å². The van der Waals surface area contributed by atoms with Crippen molar-refractivity contribution in [2.24, 2.45) is 0 Å². The molecule has 1 fully saturated rings. The highest BCUT2D eigenvalue weighted by atomic mass is 16.6. The number of amides is 2. The average molecular weight is 338 g/mol. The summed E-state index contributed by atoms with van der Waals surface area (Å²) in [5.41, 5.74) is 0.256. The highest BCUT2D eigenvalue weighted by molar-refractivity contribution is 5.86. The molecule has 0 spiro atoms. The van der Waals surface area contributed by atoms with Crippen LogP contribution in [0.15, 0.2) is 16.7 Å². The number of rotatable bonds is 3. The summed E-state index contributed by atoms with van der Waals surface area (Å²) in [5, 5.41) is 9.91. The molecule has 0 unspecified atom stereocenters. The number of hydrogen-bond donors (Lipinski definition) is 1. The number of nitrogens with zero attached hydrogens (tertiary/aromatic N) is 2. The summed E-state index contributed by atoms with van der Waals surface area (Å²) in [6.45, 7) is 7.62. The Morgan fingerprint density at radius 3 is 2.67 bits per heavy atom. The molecule has 7 nitrogen and oxygen atoms in total. The highest BCUT2D eigenvalue weighted by Crippen LogP contribution is 2.23. The number of likely N-dealkylation sites (tertiary alicyclic amines) is 1. The molecule has 2 rings (SSSR count). The number of furan rings is 1. The van der Waals surface area contributed by atoms with Crippen LogP contribution < -0.4 is 0 Å². The summed E-state index contributed by atoms with van der Waals surface area (Å²) < 4.78 is 10.6. The molecule has 2 atom stereocenters. The molecule has 2 heterocycles. The van der Waals surface area contributed by atoms with Crippen LogP contribution in [-0.2, 0) is 16.1 Å². The van der Waals surface area contributed by atoms with Gasteiger partial charge in [-0.3, -0.25) is 9.69 Å². The molecule has 2 amide bonds. The molecule has 134 valence electrons. The molecule has 7 heteroatoms. The van der Waals surface area contributed by atoms with Crippen LogP contribution in [0.2, 0.25) is 0 Å². The minimum absolute atomic E-state index is 0.101. The van der Waals surface area contributed by atoms with E-state index in [-0.39, 0.29) is 18.9 Å². The van der Waals surface area contributed by atoms with E-state index in [4.69, 9.17) is 9.15 Å². The molecule has 0 aliphatic carbocycles. The van der Waals surface area contributed by atoms with Gasteiger partial charge in [-0.1, -0.05) is 0 Å². The Morgan fingerprint density at radius 2 is 2.12 bits per heavy atom. The predicted molar refractivity (Wildman–Crippen MR) is 87.3 cm³/mol. The average Bonchev–Trinajstić information content (AvgIpc) is 3.03. The maximum absolute atomic E-state index is 12.7. The zero-order chi connectivity index (χ0) is 18.1. The maximum atomic E-state index is 12.7. The topological polar surface area (TPSA) is 83.2 Å². The zero-order valence-corrected chi connectivity index (χ0v) is 14.9. The number of carbonyl (C=O) groups is 2. The van der Waals surface area contributed by atoms with Gasteiger partial charge in [-0.2, -0.15) is 0 Å². The molecule has 1 aromatic heterocycles. The largest absolute Gasteiger partial charge is 0.469 e. The molecule has 1 aliphatic rings. The van der Waals surface area contributed by atoms with Crippen LogP contribution in [0.1, 0.15) is 38.5 Å². The quantitative estimate of drug-likeness (QED) is 0.910. The van der Waals surface area contributed by atoms with Crippen molar-refractivity contribution in [3.8, 4) is 0 Å². The van der Waals surface area contributed by atoms with Crippen LogP contribution in [0.25, 0.3) is 0 Å². The van der Waals surface area contributed by atoms with Gasteiger partial charge in [0, 0.05) is 25.6 Å². The minimum Gasteiger partial charge on any atom is -0.469 e. The van der Waals surface area contributed by atoms with E-state index in [1.165, 1.54) is 9.80 Å². The van der Waals surface area contributed by atoms with Gasteiger partial charge in [0.2, 0.25) is 5.91 Å². The van der Waals surface area contributed by atoms with E-state index in [0.717, 1.165) is 11.3 Å². The van der Waals surface area contributed by atoms with Gasteiger partial charge < -0.3 is 19.2 Å². The first kappa shape index (κ1) is 18.3. The van der Waals surface area contributed by atoms with Gasteiger partial charge in [0.1, 0.15) is 17.4 Å². The molecular formula is C17H26N2O5. The van der Waals surface area contributed by atoms with Crippen molar-refractivity contribution in [2.75, 3.05) is 13.6 Å². The Bertz CT molecular complexity index is 604. The van der Waals surface area contributed by atoms with Crippen LogP contribution in [0.3, 0.4) is 0 Å². The lowest BCUT2D eigenvalue weighted by Gasteiger charge is -2.30. The Hall–Kier alpha value is -2.02. The van der Waals surface area contributed by atoms with Crippen molar-refractivity contribution in [1.29, 1.82) is 0 Å². The van der Waals surface area contributed by atoms with Gasteiger partial charge in [-0.15, -0.1) is 0 Å². The number of likely N-dealkylation sites (N-methyl/N-ethyl adjacent to an activating group) is 1. The van der Waals surface area contributed by atoms with E-state index >= 15 is 0 Å². The second-order valence-corrected chi connectivity index (χ2v) is 7.23. The van der Waals surface area contributed by atoms with Crippen LogP contribution >= 0.6 is 0 Å². The molecule has 0 aromatic carbocycles. The van der Waals surface area contributed by atoms with Gasteiger partial charge in [0.05, 0.1) is 18.9 Å².